The lowest BCUT2D eigenvalue weighted by molar-refractivity contribution is 0.305. The number of benzene rings is 1. The van der Waals surface area contributed by atoms with Crippen molar-refractivity contribution in [2.75, 3.05) is 7.05 Å². The van der Waals surface area contributed by atoms with Gasteiger partial charge in [0.15, 0.2) is 0 Å². The van der Waals surface area contributed by atoms with E-state index in [1.54, 1.807) is 18.3 Å². The average molecular weight is 297 g/mol. The van der Waals surface area contributed by atoms with Gasteiger partial charge in [-0.2, -0.15) is 0 Å². The summed E-state index contributed by atoms with van der Waals surface area (Å²) in [4.78, 5) is 4.28. The third-order valence-corrected chi connectivity index (χ3v) is 3.15. The Morgan fingerprint density at radius 2 is 2.05 bits per heavy atom. The second-order valence-corrected chi connectivity index (χ2v) is 4.88. The highest BCUT2D eigenvalue weighted by Gasteiger charge is 2.03. The normalized spacial score (nSPS) is 10.5. The molecule has 0 fully saturated rings. The summed E-state index contributed by atoms with van der Waals surface area (Å²) in [7, 11) is 1.88. The van der Waals surface area contributed by atoms with Crippen molar-refractivity contribution in [2.24, 2.45) is 0 Å². The van der Waals surface area contributed by atoms with Crippen LogP contribution in [0.5, 0.6) is 5.75 Å². The summed E-state index contributed by atoms with van der Waals surface area (Å²) in [6.07, 6.45) is 1.70. The standard InChI is InChI=1S/C14H14Cl2N2O/c1-17-7-12-4-5-13(8-18-12)19-9-10-2-3-11(15)6-14(10)16/h2-6,8,17H,7,9H2,1H3. The van der Waals surface area contributed by atoms with Crippen molar-refractivity contribution >= 4 is 23.2 Å². The van der Waals surface area contributed by atoms with Gasteiger partial charge in [-0.1, -0.05) is 29.3 Å². The van der Waals surface area contributed by atoms with Gasteiger partial charge in [-0.25, -0.2) is 0 Å². The molecule has 1 aromatic carbocycles. The fourth-order valence-electron chi connectivity index (χ4n) is 1.58. The summed E-state index contributed by atoms with van der Waals surface area (Å²) < 4.78 is 5.64. The highest BCUT2D eigenvalue weighted by atomic mass is 35.5. The third-order valence-electron chi connectivity index (χ3n) is 2.56. The summed E-state index contributed by atoms with van der Waals surface area (Å²) in [5.74, 6) is 0.714. The lowest BCUT2D eigenvalue weighted by Gasteiger charge is -2.08. The number of pyridine rings is 1. The van der Waals surface area contributed by atoms with Crippen molar-refractivity contribution in [1.82, 2.24) is 10.3 Å². The molecule has 1 aromatic heterocycles. The number of nitrogens with zero attached hydrogens (tertiary/aromatic N) is 1. The number of hydrogen-bond donors (Lipinski definition) is 1. The van der Waals surface area contributed by atoms with Crippen molar-refractivity contribution in [3.8, 4) is 5.75 Å². The van der Waals surface area contributed by atoms with Gasteiger partial charge in [0.05, 0.1) is 11.9 Å². The predicted octanol–water partition coefficient (Wildman–Crippen LogP) is 3.69. The number of rotatable bonds is 5. The minimum atomic E-state index is 0.392. The molecular weight excluding hydrogens is 283 g/mol. The highest BCUT2D eigenvalue weighted by Crippen LogP contribution is 2.22. The number of ether oxygens (including phenoxy) is 1. The molecule has 3 nitrogen and oxygen atoms in total. The van der Waals surface area contributed by atoms with Crippen LogP contribution in [-0.2, 0) is 13.2 Å². The molecule has 0 aliphatic rings. The summed E-state index contributed by atoms with van der Waals surface area (Å²) in [6.45, 7) is 1.13. The minimum Gasteiger partial charge on any atom is -0.487 e. The lowest BCUT2D eigenvalue weighted by atomic mass is 10.2. The van der Waals surface area contributed by atoms with Crippen LogP contribution in [0.1, 0.15) is 11.3 Å². The average Bonchev–Trinajstić information content (AvgIpc) is 2.40. The largest absolute Gasteiger partial charge is 0.487 e. The molecule has 0 saturated heterocycles. The highest BCUT2D eigenvalue weighted by molar-refractivity contribution is 6.35. The van der Waals surface area contributed by atoms with E-state index >= 15 is 0 Å². The van der Waals surface area contributed by atoms with Crippen LogP contribution in [0.2, 0.25) is 10.0 Å². The topological polar surface area (TPSA) is 34.1 Å². The van der Waals surface area contributed by atoms with Crippen LogP contribution in [-0.4, -0.2) is 12.0 Å². The Bertz CT molecular complexity index is 544. The molecule has 0 unspecified atom stereocenters. The van der Waals surface area contributed by atoms with Crippen LogP contribution in [0, 0.1) is 0 Å². The Morgan fingerprint density at radius 3 is 2.68 bits per heavy atom. The number of nitrogens with one attached hydrogen (secondary N) is 1. The molecule has 0 radical (unpaired) electrons. The first kappa shape index (κ1) is 14.1. The molecule has 0 atom stereocenters. The van der Waals surface area contributed by atoms with Crippen LogP contribution >= 0.6 is 23.2 Å². The van der Waals surface area contributed by atoms with Gasteiger partial charge in [-0.05, 0) is 31.3 Å². The second kappa shape index (κ2) is 6.75. The lowest BCUT2D eigenvalue weighted by Crippen LogP contribution is -2.06. The quantitative estimate of drug-likeness (QED) is 0.914. The first-order valence-corrected chi connectivity index (χ1v) is 6.61. The molecule has 0 saturated carbocycles. The second-order valence-electron chi connectivity index (χ2n) is 4.04. The zero-order valence-corrected chi connectivity index (χ0v) is 12.0. The van der Waals surface area contributed by atoms with Gasteiger partial charge in [-0.15, -0.1) is 0 Å². The van der Waals surface area contributed by atoms with Crippen molar-refractivity contribution in [3.63, 3.8) is 0 Å². The molecule has 100 valence electrons. The van der Waals surface area contributed by atoms with Gasteiger partial charge in [0.1, 0.15) is 12.4 Å². The van der Waals surface area contributed by atoms with Gasteiger partial charge < -0.3 is 10.1 Å². The predicted molar refractivity (Wildman–Crippen MR) is 77.8 cm³/mol. The van der Waals surface area contributed by atoms with Gasteiger partial charge in [0, 0.05) is 22.2 Å². The molecule has 0 aliphatic carbocycles. The van der Waals surface area contributed by atoms with E-state index in [0.717, 1.165) is 17.8 Å². The molecule has 0 aliphatic heterocycles. The first-order valence-electron chi connectivity index (χ1n) is 5.85. The van der Waals surface area contributed by atoms with Crippen LogP contribution in [0.15, 0.2) is 36.5 Å². The zero-order chi connectivity index (χ0) is 13.7. The molecule has 0 spiro atoms. The molecule has 2 aromatic rings. The third kappa shape index (κ3) is 4.10. The monoisotopic (exact) mass is 296 g/mol. The van der Waals surface area contributed by atoms with Gasteiger partial charge >= 0.3 is 0 Å². The van der Waals surface area contributed by atoms with Crippen LogP contribution in [0.4, 0.5) is 0 Å². The van der Waals surface area contributed by atoms with Gasteiger partial charge in [0.25, 0.3) is 0 Å². The van der Waals surface area contributed by atoms with E-state index in [-0.39, 0.29) is 0 Å². The SMILES string of the molecule is CNCc1ccc(OCc2ccc(Cl)cc2Cl)cn1. The van der Waals surface area contributed by atoms with E-state index in [9.17, 15) is 0 Å². The minimum absolute atomic E-state index is 0.392. The van der Waals surface area contributed by atoms with E-state index in [1.165, 1.54) is 0 Å². The summed E-state index contributed by atoms with van der Waals surface area (Å²) in [5.41, 5.74) is 1.87. The van der Waals surface area contributed by atoms with Crippen molar-refractivity contribution in [2.45, 2.75) is 13.2 Å². The van der Waals surface area contributed by atoms with Crippen LogP contribution in [0.25, 0.3) is 0 Å². The van der Waals surface area contributed by atoms with E-state index in [4.69, 9.17) is 27.9 Å². The fourth-order valence-corrected chi connectivity index (χ4v) is 2.04. The Kier molecular flexibility index (Phi) is 5.02. The van der Waals surface area contributed by atoms with E-state index in [2.05, 4.69) is 10.3 Å². The van der Waals surface area contributed by atoms with E-state index in [1.807, 2.05) is 25.2 Å². The molecule has 0 amide bonds. The first-order chi connectivity index (χ1) is 9.19. The maximum atomic E-state index is 6.07. The maximum absolute atomic E-state index is 6.07. The summed E-state index contributed by atoms with van der Waals surface area (Å²) >= 11 is 11.9. The maximum Gasteiger partial charge on any atom is 0.138 e. The number of hydrogen-bond acceptors (Lipinski definition) is 3. The van der Waals surface area contributed by atoms with Crippen molar-refractivity contribution in [3.05, 3.63) is 57.8 Å². The fraction of sp³-hybridized carbons (Fsp3) is 0.214. The van der Waals surface area contributed by atoms with Crippen LogP contribution in [0.3, 0.4) is 0 Å². The van der Waals surface area contributed by atoms with Crippen molar-refractivity contribution < 1.29 is 4.74 Å². The van der Waals surface area contributed by atoms with Crippen LogP contribution < -0.4 is 10.1 Å². The molecule has 0 bridgehead atoms. The molecule has 1 N–H and O–H groups in total. The van der Waals surface area contributed by atoms with E-state index in [0.29, 0.717) is 22.4 Å². The van der Waals surface area contributed by atoms with E-state index < -0.39 is 0 Å². The number of halogens is 2. The van der Waals surface area contributed by atoms with Gasteiger partial charge in [0.2, 0.25) is 0 Å². The Hall–Kier alpha value is -1.29. The van der Waals surface area contributed by atoms with Gasteiger partial charge in [-0.3, -0.25) is 4.98 Å². The Balaban J connectivity index is 1.98. The zero-order valence-electron chi connectivity index (χ0n) is 10.5. The summed E-state index contributed by atoms with van der Waals surface area (Å²) in [5, 5.41) is 4.26. The number of aromatic nitrogens is 1. The smallest absolute Gasteiger partial charge is 0.138 e. The molecule has 19 heavy (non-hydrogen) atoms. The Morgan fingerprint density at radius 1 is 1.21 bits per heavy atom. The molecule has 5 heteroatoms. The summed E-state index contributed by atoms with van der Waals surface area (Å²) in [6, 6.07) is 9.17. The van der Waals surface area contributed by atoms with Crippen molar-refractivity contribution in [1.29, 1.82) is 0 Å². The molecular formula is C14H14Cl2N2O. The molecule has 1 heterocycles. The molecule has 2 rings (SSSR count). The Labute approximate surface area is 122 Å².